The lowest BCUT2D eigenvalue weighted by molar-refractivity contribution is -0.156. The number of benzene rings is 2. The highest BCUT2D eigenvalue weighted by Gasteiger charge is 2.49. The van der Waals surface area contributed by atoms with Crippen molar-refractivity contribution in [1.29, 1.82) is 0 Å². The number of nitrogens with one attached hydrogen (secondary N) is 1. The number of unbranched alkanes of at least 4 members (excludes halogenated alkanes) is 1. The molecule has 2 aliphatic rings. The Bertz CT molecular complexity index is 1560. The van der Waals surface area contributed by atoms with Crippen LogP contribution in [0.2, 0.25) is 0 Å². The molecular weight excluding hydrogens is 516 g/mol. The Kier molecular flexibility index (Phi) is 7.60. The second-order valence-electron chi connectivity index (χ2n) is 11.6. The van der Waals surface area contributed by atoms with Gasteiger partial charge in [-0.05, 0) is 60.4 Å². The van der Waals surface area contributed by atoms with Crippen molar-refractivity contribution in [3.05, 3.63) is 75.7 Å². The number of hydrogen-bond donors (Lipinski definition) is 2. The number of aromatic amines is 1. The van der Waals surface area contributed by atoms with Crippen LogP contribution >= 0.6 is 0 Å². The molecule has 0 radical (unpaired) electrons. The van der Waals surface area contributed by atoms with Gasteiger partial charge in [0.2, 0.25) is 5.82 Å². The van der Waals surface area contributed by atoms with Gasteiger partial charge in [0.05, 0.1) is 11.5 Å². The number of fused-ring (bicyclic) bond motifs is 1. The van der Waals surface area contributed by atoms with Crippen LogP contribution in [-0.2, 0) is 24.2 Å². The van der Waals surface area contributed by atoms with Gasteiger partial charge in [-0.2, -0.15) is 5.21 Å². The lowest BCUT2D eigenvalue weighted by Crippen LogP contribution is -2.47. The minimum Gasteiger partial charge on any atom is -0.481 e. The van der Waals surface area contributed by atoms with Crippen LogP contribution in [0.5, 0.6) is 0 Å². The summed E-state index contributed by atoms with van der Waals surface area (Å²) in [5.74, 6) is -0.193. The molecule has 214 valence electrons. The van der Waals surface area contributed by atoms with E-state index < -0.39 is 11.4 Å². The van der Waals surface area contributed by atoms with Gasteiger partial charge in [-0.3, -0.25) is 14.3 Å². The quantitative estimate of drug-likeness (QED) is 0.270. The van der Waals surface area contributed by atoms with Crippen molar-refractivity contribution in [3.8, 4) is 22.5 Å². The number of H-pyrrole nitrogens is 1. The van der Waals surface area contributed by atoms with Gasteiger partial charge in [0.25, 0.3) is 5.56 Å². The molecule has 3 heterocycles. The average molecular weight is 555 g/mol. The van der Waals surface area contributed by atoms with Crippen LogP contribution in [0.1, 0.15) is 87.6 Å². The number of aromatic nitrogens is 6. The third-order valence-electron chi connectivity index (χ3n) is 9.26. The van der Waals surface area contributed by atoms with Crippen LogP contribution in [0, 0.1) is 5.41 Å². The van der Waals surface area contributed by atoms with Gasteiger partial charge in [0.1, 0.15) is 0 Å². The Morgan fingerprint density at radius 2 is 1.80 bits per heavy atom. The van der Waals surface area contributed by atoms with Gasteiger partial charge >= 0.3 is 5.97 Å². The molecule has 1 fully saturated rings. The van der Waals surface area contributed by atoms with Gasteiger partial charge in [-0.1, -0.05) is 81.1 Å². The number of carboxylic acids is 1. The molecule has 1 aliphatic heterocycles. The number of aliphatic carboxylic acids is 1. The van der Waals surface area contributed by atoms with Crippen molar-refractivity contribution in [2.24, 2.45) is 5.41 Å². The Balaban J connectivity index is 1.36. The summed E-state index contributed by atoms with van der Waals surface area (Å²) in [6.45, 7) is 2.94. The molecule has 1 aliphatic carbocycles. The number of carboxylic acid groups (broad SMARTS) is 1. The molecular formula is C32H38N6O3. The second kappa shape index (κ2) is 11.5. The smallest absolute Gasteiger partial charge is 0.311 e. The zero-order valence-corrected chi connectivity index (χ0v) is 23.7. The van der Waals surface area contributed by atoms with Crippen molar-refractivity contribution in [3.63, 3.8) is 0 Å². The summed E-state index contributed by atoms with van der Waals surface area (Å²) in [5.41, 5.74) is 5.06. The van der Waals surface area contributed by atoms with E-state index in [2.05, 4.69) is 56.5 Å². The molecule has 2 N–H and O–H groups in total. The Hall–Kier alpha value is -4.01. The summed E-state index contributed by atoms with van der Waals surface area (Å²) >= 11 is 0. The van der Waals surface area contributed by atoms with E-state index in [0.29, 0.717) is 25.1 Å². The first-order chi connectivity index (χ1) is 20.0. The van der Waals surface area contributed by atoms with E-state index in [4.69, 9.17) is 0 Å². The average Bonchev–Trinajstić information content (AvgIpc) is 3.64. The van der Waals surface area contributed by atoms with E-state index in [9.17, 15) is 14.7 Å². The van der Waals surface area contributed by atoms with Gasteiger partial charge < -0.3 is 5.11 Å². The topological polar surface area (TPSA) is 119 Å². The summed E-state index contributed by atoms with van der Waals surface area (Å²) in [4.78, 5) is 27.0. The molecule has 1 saturated carbocycles. The molecule has 2 aromatic carbocycles. The molecule has 0 bridgehead atoms. The molecule has 1 unspecified atom stereocenters. The normalized spacial score (nSPS) is 18.2. The van der Waals surface area contributed by atoms with E-state index in [-0.39, 0.29) is 11.6 Å². The third kappa shape index (κ3) is 4.91. The van der Waals surface area contributed by atoms with Crippen molar-refractivity contribution < 1.29 is 9.90 Å². The van der Waals surface area contributed by atoms with Crippen molar-refractivity contribution in [1.82, 2.24) is 30.0 Å². The van der Waals surface area contributed by atoms with E-state index >= 15 is 0 Å². The second-order valence-corrected chi connectivity index (χ2v) is 11.6. The minimum absolute atomic E-state index is 0.00136. The Morgan fingerprint density at radius 3 is 2.49 bits per heavy atom. The first-order valence-electron chi connectivity index (χ1n) is 15.0. The van der Waals surface area contributed by atoms with Gasteiger partial charge in [0.15, 0.2) is 0 Å². The number of tetrazole rings is 1. The fourth-order valence-corrected chi connectivity index (χ4v) is 7.16. The first kappa shape index (κ1) is 27.2. The van der Waals surface area contributed by atoms with E-state index in [0.717, 1.165) is 91.4 Å². The maximum atomic E-state index is 14.2. The monoisotopic (exact) mass is 554 g/mol. The maximum absolute atomic E-state index is 14.2. The molecule has 2 aromatic heterocycles. The predicted octanol–water partition coefficient (Wildman–Crippen LogP) is 5.80. The minimum atomic E-state index is -0.856. The molecule has 9 nitrogen and oxygen atoms in total. The zero-order chi connectivity index (χ0) is 28.4. The molecule has 0 amide bonds. The lowest BCUT2D eigenvalue weighted by Gasteiger charge is -2.43. The van der Waals surface area contributed by atoms with Gasteiger partial charge in [0, 0.05) is 29.8 Å². The summed E-state index contributed by atoms with van der Waals surface area (Å²) in [6.07, 6.45) is 9.24. The number of carbonyl (C=O) groups is 1. The molecule has 1 atom stereocenters. The summed E-state index contributed by atoms with van der Waals surface area (Å²) in [5, 5.41) is 25.0. The Labute approximate surface area is 239 Å². The summed E-state index contributed by atoms with van der Waals surface area (Å²) < 4.78 is 4.04. The molecule has 0 spiro atoms. The summed E-state index contributed by atoms with van der Waals surface area (Å²) in [7, 11) is 0. The number of hydrogen-bond acceptors (Lipinski definition) is 5. The van der Waals surface area contributed by atoms with Crippen LogP contribution in [0.25, 0.3) is 22.5 Å². The van der Waals surface area contributed by atoms with E-state index in [1.807, 2.05) is 28.9 Å². The SMILES string of the molecule is CCCCc1c(Cc2ccc(-c3ccccc3-c3nn[nH]n3)cc2)c(=O)n2n1CCCC2C1(C(=O)O)CCCCC1. The first-order valence-corrected chi connectivity index (χ1v) is 15.0. The highest BCUT2D eigenvalue weighted by atomic mass is 16.4. The maximum Gasteiger partial charge on any atom is 0.311 e. The molecule has 0 saturated heterocycles. The zero-order valence-electron chi connectivity index (χ0n) is 23.7. The van der Waals surface area contributed by atoms with Crippen molar-refractivity contribution >= 4 is 5.97 Å². The largest absolute Gasteiger partial charge is 0.481 e. The van der Waals surface area contributed by atoms with Crippen LogP contribution in [-0.4, -0.2) is 41.1 Å². The molecule has 4 aromatic rings. The standard InChI is InChI=1S/C32H38N6O3/c1-2-3-12-27-26(30(39)38-28(13-9-20-37(27)38)32(31(40)41)18-7-4-8-19-32)21-22-14-16-23(17-15-22)24-10-5-6-11-25(24)29-33-35-36-34-29/h5-6,10-11,14-17,28H,2-4,7-9,12-13,18-21H2,1H3,(H,40,41)(H,33,34,35,36). The van der Waals surface area contributed by atoms with Crippen molar-refractivity contribution in [2.45, 2.75) is 90.1 Å². The fourth-order valence-electron chi connectivity index (χ4n) is 7.16. The van der Waals surface area contributed by atoms with Crippen LogP contribution in [0.15, 0.2) is 53.3 Å². The highest BCUT2D eigenvalue weighted by Crippen LogP contribution is 2.48. The van der Waals surface area contributed by atoms with Crippen LogP contribution in [0.4, 0.5) is 0 Å². The molecule has 6 rings (SSSR count). The molecule has 41 heavy (non-hydrogen) atoms. The van der Waals surface area contributed by atoms with Crippen LogP contribution in [0.3, 0.4) is 0 Å². The summed E-state index contributed by atoms with van der Waals surface area (Å²) in [6, 6.07) is 16.0. The fraction of sp³-hybridized carbons (Fsp3) is 0.469. The van der Waals surface area contributed by atoms with Gasteiger partial charge in [-0.25, -0.2) is 4.68 Å². The number of nitrogens with zero attached hydrogens (tertiary/aromatic N) is 5. The van der Waals surface area contributed by atoms with Crippen LogP contribution < -0.4 is 5.56 Å². The lowest BCUT2D eigenvalue weighted by atomic mass is 9.67. The molecule has 9 heteroatoms. The predicted molar refractivity (Wildman–Crippen MR) is 157 cm³/mol. The highest BCUT2D eigenvalue weighted by molar-refractivity contribution is 5.80. The van der Waals surface area contributed by atoms with E-state index in [1.165, 1.54) is 0 Å². The van der Waals surface area contributed by atoms with Gasteiger partial charge in [-0.15, -0.1) is 10.2 Å². The Morgan fingerprint density at radius 1 is 1.05 bits per heavy atom. The number of rotatable bonds is 9. The third-order valence-corrected chi connectivity index (χ3v) is 9.26. The van der Waals surface area contributed by atoms with Crippen molar-refractivity contribution in [2.75, 3.05) is 0 Å². The van der Waals surface area contributed by atoms with E-state index in [1.54, 1.807) is 0 Å².